The number of amides is 2. The van der Waals surface area contributed by atoms with Crippen LogP contribution in [0.2, 0.25) is 0 Å². The summed E-state index contributed by atoms with van der Waals surface area (Å²) in [4.78, 5) is 13.9. The number of hydrogen-bond donors (Lipinski definition) is 2. The molecular formula is C15H23N3O2. The number of methoxy groups -OCH3 is 1. The lowest BCUT2D eigenvalue weighted by molar-refractivity contribution is 0.212. The number of nitrogens with one attached hydrogen (secondary N) is 2. The number of rotatable bonds is 4. The predicted molar refractivity (Wildman–Crippen MR) is 80.3 cm³/mol. The number of hydrogen-bond acceptors (Lipinski definition) is 3. The van der Waals surface area contributed by atoms with Crippen molar-refractivity contribution < 1.29 is 9.53 Å². The van der Waals surface area contributed by atoms with E-state index >= 15 is 0 Å². The minimum atomic E-state index is -0.109. The molecule has 20 heavy (non-hydrogen) atoms. The Bertz CT molecular complexity index is 444. The van der Waals surface area contributed by atoms with Crippen LogP contribution in [0.25, 0.3) is 0 Å². The number of piperidine rings is 1. The van der Waals surface area contributed by atoms with E-state index in [0.717, 1.165) is 19.5 Å². The number of nitrogens with zero attached hydrogens (tertiary/aromatic N) is 1. The molecule has 0 bridgehead atoms. The van der Waals surface area contributed by atoms with Crippen LogP contribution in [-0.2, 0) is 0 Å². The van der Waals surface area contributed by atoms with Crippen LogP contribution in [0.15, 0.2) is 24.3 Å². The van der Waals surface area contributed by atoms with Crippen molar-refractivity contribution in [2.45, 2.75) is 25.3 Å². The first-order chi connectivity index (χ1) is 9.70. The van der Waals surface area contributed by atoms with Gasteiger partial charge in [0.25, 0.3) is 0 Å². The summed E-state index contributed by atoms with van der Waals surface area (Å²) in [6.45, 7) is 1.77. The van der Waals surface area contributed by atoms with Gasteiger partial charge in [0.2, 0.25) is 0 Å². The smallest absolute Gasteiger partial charge is 0.321 e. The standard InChI is InChI=1S/C15H23N3O2/c1-18(11-12-7-5-6-10-16-12)15(19)17-13-8-3-4-9-14(13)20-2/h3-4,8-9,12,16H,5-7,10-11H2,1-2H3,(H,17,19). The normalized spacial score (nSPS) is 18.4. The fourth-order valence-corrected chi connectivity index (χ4v) is 2.45. The van der Waals surface area contributed by atoms with E-state index < -0.39 is 0 Å². The van der Waals surface area contributed by atoms with Gasteiger partial charge in [-0.15, -0.1) is 0 Å². The van der Waals surface area contributed by atoms with Gasteiger partial charge in [0.1, 0.15) is 5.75 Å². The van der Waals surface area contributed by atoms with Crippen LogP contribution >= 0.6 is 0 Å². The number of urea groups is 1. The Kier molecular flexibility index (Phi) is 5.24. The zero-order valence-corrected chi connectivity index (χ0v) is 12.2. The van der Waals surface area contributed by atoms with E-state index in [4.69, 9.17) is 4.74 Å². The Labute approximate surface area is 120 Å². The average molecular weight is 277 g/mol. The molecular weight excluding hydrogens is 254 g/mol. The highest BCUT2D eigenvalue weighted by atomic mass is 16.5. The third kappa shape index (κ3) is 3.87. The number of carbonyl (C=O) groups is 1. The lowest BCUT2D eigenvalue weighted by atomic mass is 10.0. The van der Waals surface area contributed by atoms with Gasteiger partial charge in [-0.05, 0) is 31.5 Å². The van der Waals surface area contributed by atoms with E-state index in [-0.39, 0.29) is 6.03 Å². The van der Waals surface area contributed by atoms with Crippen LogP contribution in [0.4, 0.5) is 10.5 Å². The number of benzene rings is 1. The maximum absolute atomic E-state index is 12.2. The first-order valence-electron chi connectivity index (χ1n) is 7.09. The fraction of sp³-hybridized carbons (Fsp3) is 0.533. The van der Waals surface area contributed by atoms with Crippen molar-refractivity contribution >= 4 is 11.7 Å². The Morgan fingerprint density at radius 3 is 2.95 bits per heavy atom. The van der Waals surface area contributed by atoms with Crippen molar-refractivity contribution in [3.63, 3.8) is 0 Å². The summed E-state index contributed by atoms with van der Waals surface area (Å²) in [5, 5.41) is 6.33. The van der Waals surface area contributed by atoms with Gasteiger partial charge in [-0.1, -0.05) is 18.6 Å². The van der Waals surface area contributed by atoms with Crippen molar-refractivity contribution in [1.29, 1.82) is 0 Å². The maximum Gasteiger partial charge on any atom is 0.321 e. The summed E-state index contributed by atoms with van der Waals surface area (Å²) in [7, 11) is 3.42. The van der Waals surface area contributed by atoms with Crippen LogP contribution in [-0.4, -0.2) is 44.2 Å². The van der Waals surface area contributed by atoms with E-state index in [9.17, 15) is 4.79 Å². The van der Waals surface area contributed by atoms with Gasteiger partial charge < -0.3 is 20.3 Å². The molecule has 5 nitrogen and oxygen atoms in total. The molecule has 1 heterocycles. The second-order valence-electron chi connectivity index (χ2n) is 5.16. The molecule has 1 saturated heterocycles. The molecule has 2 N–H and O–H groups in total. The van der Waals surface area contributed by atoms with Gasteiger partial charge in [-0.2, -0.15) is 0 Å². The molecule has 2 rings (SSSR count). The SMILES string of the molecule is COc1ccccc1NC(=O)N(C)CC1CCCCN1. The molecule has 0 saturated carbocycles. The molecule has 1 fully saturated rings. The summed E-state index contributed by atoms with van der Waals surface area (Å²) in [6.07, 6.45) is 3.60. The first-order valence-corrected chi connectivity index (χ1v) is 7.09. The van der Waals surface area contributed by atoms with Crippen LogP contribution < -0.4 is 15.4 Å². The number of carbonyl (C=O) groups excluding carboxylic acids is 1. The third-order valence-corrected chi connectivity index (χ3v) is 3.60. The zero-order chi connectivity index (χ0) is 14.4. The van der Waals surface area contributed by atoms with Gasteiger partial charge >= 0.3 is 6.03 Å². The van der Waals surface area contributed by atoms with Crippen molar-refractivity contribution in [2.24, 2.45) is 0 Å². The average Bonchev–Trinajstić information content (AvgIpc) is 2.48. The summed E-state index contributed by atoms with van der Waals surface area (Å²) < 4.78 is 5.23. The Morgan fingerprint density at radius 2 is 2.25 bits per heavy atom. The zero-order valence-electron chi connectivity index (χ0n) is 12.2. The second-order valence-corrected chi connectivity index (χ2v) is 5.16. The molecule has 0 spiro atoms. The van der Waals surface area contributed by atoms with Crippen LogP contribution in [0.1, 0.15) is 19.3 Å². The molecule has 1 aliphatic heterocycles. The van der Waals surface area contributed by atoms with Crippen molar-refractivity contribution in [1.82, 2.24) is 10.2 Å². The lowest BCUT2D eigenvalue weighted by Crippen LogP contribution is -2.45. The quantitative estimate of drug-likeness (QED) is 0.888. The minimum Gasteiger partial charge on any atom is -0.495 e. The van der Waals surface area contributed by atoms with E-state index in [0.29, 0.717) is 17.5 Å². The highest BCUT2D eigenvalue weighted by Crippen LogP contribution is 2.23. The topological polar surface area (TPSA) is 53.6 Å². The molecule has 5 heteroatoms. The summed E-state index contributed by atoms with van der Waals surface area (Å²) >= 11 is 0. The molecule has 2 amide bonds. The first kappa shape index (κ1) is 14.7. The number of anilines is 1. The molecule has 110 valence electrons. The van der Waals surface area contributed by atoms with Gasteiger partial charge in [0.15, 0.2) is 0 Å². The molecule has 1 aliphatic rings. The van der Waals surface area contributed by atoms with Gasteiger partial charge in [0, 0.05) is 19.6 Å². The van der Waals surface area contributed by atoms with Gasteiger partial charge in [-0.3, -0.25) is 0 Å². The monoisotopic (exact) mass is 277 g/mol. The van der Waals surface area contributed by atoms with Crippen LogP contribution in [0, 0.1) is 0 Å². The Balaban J connectivity index is 1.90. The Morgan fingerprint density at radius 1 is 1.45 bits per heavy atom. The molecule has 0 aliphatic carbocycles. The third-order valence-electron chi connectivity index (χ3n) is 3.60. The summed E-state index contributed by atoms with van der Waals surface area (Å²) in [5.41, 5.74) is 0.698. The fourth-order valence-electron chi connectivity index (χ4n) is 2.45. The molecule has 1 aromatic rings. The predicted octanol–water partition coefficient (Wildman–Crippen LogP) is 2.30. The highest BCUT2D eigenvalue weighted by molar-refractivity contribution is 5.90. The van der Waals surface area contributed by atoms with Crippen molar-refractivity contribution in [2.75, 3.05) is 32.6 Å². The van der Waals surface area contributed by atoms with E-state index in [1.165, 1.54) is 12.8 Å². The summed E-state index contributed by atoms with van der Waals surface area (Å²) in [6, 6.07) is 7.71. The van der Waals surface area contributed by atoms with Gasteiger partial charge in [0.05, 0.1) is 12.8 Å². The molecule has 1 aromatic carbocycles. The number of para-hydroxylation sites is 2. The summed E-state index contributed by atoms with van der Waals surface area (Å²) in [5.74, 6) is 0.671. The van der Waals surface area contributed by atoms with E-state index in [2.05, 4.69) is 10.6 Å². The molecule has 1 unspecified atom stereocenters. The maximum atomic E-state index is 12.2. The number of ether oxygens (including phenoxy) is 1. The molecule has 1 atom stereocenters. The van der Waals surface area contributed by atoms with Crippen molar-refractivity contribution in [3.8, 4) is 5.75 Å². The minimum absolute atomic E-state index is 0.109. The van der Waals surface area contributed by atoms with Crippen LogP contribution in [0.3, 0.4) is 0 Å². The molecule has 0 aromatic heterocycles. The van der Waals surface area contributed by atoms with Gasteiger partial charge in [-0.25, -0.2) is 4.79 Å². The van der Waals surface area contributed by atoms with E-state index in [1.807, 2.05) is 31.3 Å². The second kappa shape index (κ2) is 7.14. The number of likely N-dealkylation sites (N-methyl/N-ethyl adjacent to an activating group) is 1. The Hall–Kier alpha value is -1.75. The molecule has 0 radical (unpaired) electrons. The van der Waals surface area contributed by atoms with E-state index in [1.54, 1.807) is 12.0 Å². The largest absolute Gasteiger partial charge is 0.495 e. The van der Waals surface area contributed by atoms with Crippen LogP contribution in [0.5, 0.6) is 5.75 Å². The highest BCUT2D eigenvalue weighted by Gasteiger charge is 2.18. The van der Waals surface area contributed by atoms with Crippen molar-refractivity contribution in [3.05, 3.63) is 24.3 Å². The lowest BCUT2D eigenvalue weighted by Gasteiger charge is -2.28.